The summed E-state index contributed by atoms with van der Waals surface area (Å²) in [5.74, 6) is -0.899. The van der Waals surface area contributed by atoms with E-state index in [2.05, 4.69) is 118 Å². The molecule has 0 aromatic rings. The molecule has 74 heavy (non-hydrogen) atoms. The number of ether oxygens (including phenoxy) is 3. The lowest BCUT2D eigenvalue weighted by Gasteiger charge is -2.18. The van der Waals surface area contributed by atoms with Crippen LogP contribution in [0.3, 0.4) is 0 Å². The van der Waals surface area contributed by atoms with Crippen LogP contribution in [0.4, 0.5) is 0 Å². The molecule has 6 nitrogen and oxygen atoms in total. The normalized spacial score (nSPS) is 12.7. The molecule has 0 saturated heterocycles. The van der Waals surface area contributed by atoms with E-state index in [1.807, 2.05) is 0 Å². The molecule has 0 bridgehead atoms. The summed E-state index contributed by atoms with van der Waals surface area (Å²) in [5.41, 5.74) is 0. The van der Waals surface area contributed by atoms with Crippen LogP contribution in [0, 0.1) is 0 Å². The van der Waals surface area contributed by atoms with E-state index < -0.39 is 6.10 Å². The van der Waals surface area contributed by atoms with Crippen LogP contribution in [-0.2, 0) is 28.6 Å². The van der Waals surface area contributed by atoms with Gasteiger partial charge in [0.05, 0.1) is 0 Å². The molecule has 1 atom stereocenters. The van der Waals surface area contributed by atoms with Crippen LogP contribution >= 0.6 is 0 Å². The highest BCUT2D eigenvalue weighted by Gasteiger charge is 2.19. The smallest absolute Gasteiger partial charge is 0.306 e. The molecule has 0 radical (unpaired) electrons. The largest absolute Gasteiger partial charge is 0.462 e. The topological polar surface area (TPSA) is 78.9 Å². The van der Waals surface area contributed by atoms with E-state index in [0.29, 0.717) is 19.3 Å². The molecule has 0 aliphatic rings. The van der Waals surface area contributed by atoms with Gasteiger partial charge in [-0.15, -0.1) is 0 Å². The van der Waals surface area contributed by atoms with Gasteiger partial charge in [0, 0.05) is 19.3 Å². The van der Waals surface area contributed by atoms with Gasteiger partial charge in [-0.2, -0.15) is 0 Å². The monoisotopic (exact) mass is 1030 g/mol. The summed E-state index contributed by atoms with van der Waals surface area (Å²) in [6, 6.07) is 0. The molecule has 6 heteroatoms. The molecular weight excluding hydrogens is 913 g/mol. The summed E-state index contributed by atoms with van der Waals surface area (Å²) in [5, 5.41) is 0. The zero-order chi connectivity index (χ0) is 53.6. The van der Waals surface area contributed by atoms with E-state index in [1.165, 1.54) is 141 Å². The highest BCUT2D eigenvalue weighted by Crippen LogP contribution is 2.16. The highest BCUT2D eigenvalue weighted by atomic mass is 16.6. The summed E-state index contributed by atoms with van der Waals surface area (Å²) in [6.45, 7) is 6.46. The minimum Gasteiger partial charge on any atom is -0.462 e. The van der Waals surface area contributed by atoms with Crippen molar-refractivity contribution in [1.29, 1.82) is 0 Å². The Hall–Kier alpha value is -3.67. The molecular formula is C68H116O6. The van der Waals surface area contributed by atoms with Gasteiger partial charge >= 0.3 is 17.9 Å². The van der Waals surface area contributed by atoms with Crippen molar-refractivity contribution in [2.75, 3.05) is 13.2 Å². The fourth-order valence-electron chi connectivity index (χ4n) is 8.62. The van der Waals surface area contributed by atoms with Gasteiger partial charge in [0.15, 0.2) is 6.10 Å². The van der Waals surface area contributed by atoms with Gasteiger partial charge in [-0.05, 0) is 116 Å². The van der Waals surface area contributed by atoms with Crippen molar-refractivity contribution in [2.24, 2.45) is 0 Å². The second-order valence-corrected chi connectivity index (χ2v) is 20.6. The molecule has 424 valence electrons. The zero-order valence-corrected chi connectivity index (χ0v) is 48.6. The van der Waals surface area contributed by atoms with E-state index >= 15 is 0 Å². The van der Waals surface area contributed by atoms with Gasteiger partial charge in [0.1, 0.15) is 13.2 Å². The van der Waals surface area contributed by atoms with Gasteiger partial charge < -0.3 is 14.2 Å². The Balaban J connectivity index is 4.28. The first kappa shape index (κ1) is 70.3. The summed E-state index contributed by atoms with van der Waals surface area (Å²) in [6.07, 6.45) is 82.7. The van der Waals surface area contributed by atoms with E-state index in [1.54, 1.807) is 0 Å². The van der Waals surface area contributed by atoms with Gasteiger partial charge in [-0.1, -0.05) is 259 Å². The number of carbonyl (C=O) groups excluding carboxylic acids is 3. The van der Waals surface area contributed by atoms with Crippen LogP contribution in [0.5, 0.6) is 0 Å². The van der Waals surface area contributed by atoms with Crippen molar-refractivity contribution >= 4 is 17.9 Å². The molecule has 0 saturated carbocycles. The second-order valence-electron chi connectivity index (χ2n) is 20.6. The number of hydrogen-bond donors (Lipinski definition) is 0. The Labute approximate surface area is 457 Å². The van der Waals surface area contributed by atoms with E-state index in [-0.39, 0.29) is 31.1 Å². The van der Waals surface area contributed by atoms with Gasteiger partial charge in [0.2, 0.25) is 0 Å². The molecule has 0 amide bonds. The Morgan fingerprint density at radius 3 is 0.892 bits per heavy atom. The Kier molecular flexibility index (Phi) is 58.8. The number of unbranched alkanes of at least 4 members (excludes halogenated alkanes) is 29. The molecule has 0 heterocycles. The number of allylic oxidation sites excluding steroid dienone is 16. The van der Waals surface area contributed by atoms with Gasteiger partial charge in [-0.25, -0.2) is 0 Å². The molecule has 0 aromatic carbocycles. The molecule has 0 aliphatic heterocycles. The first-order valence-electron chi connectivity index (χ1n) is 31.2. The molecule has 0 aliphatic carbocycles. The predicted octanol–water partition coefficient (Wildman–Crippen LogP) is 21.3. The number of hydrogen-bond acceptors (Lipinski definition) is 6. The van der Waals surface area contributed by atoms with Crippen molar-refractivity contribution in [1.82, 2.24) is 0 Å². The average Bonchev–Trinajstić information content (AvgIpc) is 3.40. The maximum Gasteiger partial charge on any atom is 0.306 e. The number of rotatable bonds is 56. The zero-order valence-electron chi connectivity index (χ0n) is 48.6. The maximum atomic E-state index is 12.9. The third-order valence-electron chi connectivity index (χ3n) is 13.3. The van der Waals surface area contributed by atoms with Crippen LogP contribution in [0.1, 0.15) is 297 Å². The van der Waals surface area contributed by atoms with Crippen LogP contribution in [0.2, 0.25) is 0 Å². The SMILES string of the molecule is CC/C=C\C/C=C\C/C=C\C/C=C\C/C=C\CCCCCCCCCCCC(=O)OCC(COC(=O)CCCCCCC/C=C\CCC)OC(=O)CCCCCCCCCCC/C=C\C/C=C\CCCCCCC. The number of carbonyl (C=O) groups is 3. The molecule has 0 N–H and O–H groups in total. The van der Waals surface area contributed by atoms with Gasteiger partial charge in [-0.3, -0.25) is 14.4 Å². The van der Waals surface area contributed by atoms with Crippen LogP contribution in [0.25, 0.3) is 0 Å². The summed E-state index contributed by atoms with van der Waals surface area (Å²) < 4.78 is 16.9. The number of esters is 3. The van der Waals surface area contributed by atoms with E-state index in [9.17, 15) is 14.4 Å². The third-order valence-corrected chi connectivity index (χ3v) is 13.3. The van der Waals surface area contributed by atoms with Gasteiger partial charge in [0.25, 0.3) is 0 Å². The van der Waals surface area contributed by atoms with Crippen molar-refractivity contribution in [3.63, 3.8) is 0 Å². The van der Waals surface area contributed by atoms with Crippen molar-refractivity contribution in [2.45, 2.75) is 303 Å². The first-order valence-corrected chi connectivity index (χ1v) is 31.2. The van der Waals surface area contributed by atoms with Crippen molar-refractivity contribution in [3.8, 4) is 0 Å². The molecule has 1 unspecified atom stereocenters. The van der Waals surface area contributed by atoms with Crippen molar-refractivity contribution < 1.29 is 28.6 Å². The molecule has 0 fully saturated rings. The Morgan fingerprint density at radius 1 is 0.284 bits per heavy atom. The second kappa shape index (κ2) is 61.9. The minimum atomic E-state index is -0.787. The summed E-state index contributed by atoms with van der Waals surface area (Å²) in [7, 11) is 0. The first-order chi connectivity index (χ1) is 36.5. The quantitative estimate of drug-likeness (QED) is 0.0261. The Bertz CT molecular complexity index is 1460. The van der Waals surface area contributed by atoms with Crippen molar-refractivity contribution in [3.05, 3.63) is 97.2 Å². The fourth-order valence-corrected chi connectivity index (χ4v) is 8.62. The summed E-state index contributed by atoms with van der Waals surface area (Å²) >= 11 is 0. The summed E-state index contributed by atoms with van der Waals surface area (Å²) in [4.78, 5) is 38.2. The fraction of sp³-hybridized carbons (Fsp3) is 0.721. The Morgan fingerprint density at radius 2 is 0.554 bits per heavy atom. The molecule has 0 spiro atoms. The standard InChI is InChI=1S/C68H116O6/c1-4-7-10-13-16-19-22-24-26-28-30-32-33-34-35-37-38-40-42-44-46-49-52-55-58-61-67(70)73-64-65(63-72-66(69)60-57-54-51-48-21-18-15-12-9-6-3)74-68(71)62-59-56-53-50-47-45-43-41-39-36-31-29-27-25-23-20-17-14-11-8-5-2/h7,10,12,15-16,19,23-26,29-32,34-35,65H,4-6,8-9,11,13-14,17-18,20-22,27-28,33,36-64H2,1-3H3/b10-7-,15-12-,19-16-,25-23-,26-24-,31-29-,32-30-,35-34-. The minimum absolute atomic E-state index is 0.0847. The lowest BCUT2D eigenvalue weighted by Crippen LogP contribution is -2.30. The maximum absolute atomic E-state index is 12.9. The predicted molar refractivity (Wildman–Crippen MR) is 320 cm³/mol. The average molecular weight is 1030 g/mol. The lowest BCUT2D eigenvalue weighted by molar-refractivity contribution is -0.167. The van der Waals surface area contributed by atoms with Crippen LogP contribution in [0.15, 0.2) is 97.2 Å². The van der Waals surface area contributed by atoms with E-state index in [0.717, 1.165) is 116 Å². The van der Waals surface area contributed by atoms with E-state index in [4.69, 9.17) is 14.2 Å². The molecule has 0 rings (SSSR count). The van der Waals surface area contributed by atoms with Crippen LogP contribution in [-0.4, -0.2) is 37.2 Å². The lowest BCUT2D eigenvalue weighted by atomic mass is 10.1. The molecule has 0 aromatic heterocycles. The third kappa shape index (κ3) is 59.2. The highest BCUT2D eigenvalue weighted by molar-refractivity contribution is 5.71. The van der Waals surface area contributed by atoms with Crippen LogP contribution < -0.4 is 0 Å².